The molecular weight excluding hydrogens is 140 g/mol. The number of hydrazine groups is 1. The highest BCUT2D eigenvalue weighted by Gasteiger charge is 2.11. The molecule has 0 heterocycles. The van der Waals surface area contributed by atoms with Gasteiger partial charge in [-0.05, 0) is 20.8 Å². The van der Waals surface area contributed by atoms with E-state index in [0.717, 1.165) is 0 Å². The number of carbonyl (C=O) groups is 1. The summed E-state index contributed by atoms with van der Waals surface area (Å²) in [4.78, 5) is 11.0. The van der Waals surface area contributed by atoms with Gasteiger partial charge in [0, 0.05) is 11.5 Å². The summed E-state index contributed by atoms with van der Waals surface area (Å²) in [5.41, 5.74) is 5.47. The van der Waals surface area contributed by atoms with Crippen molar-refractivity contribution in [3.8, 4) is 0 Å². The van der Waals surface area contributed by atoms with Crippen molar-refractivity contribution in [2.75, 3.05) is 0 Å². The van der Waals surface area contributed by atoms with Crippen molar-refractivity contribution in [1.29, 1.82) is 0 Å². The van der Waals surface area contributed by atoms with E-state index in [4.69, 9.17) is 0 Å². The average Bonchev–Trinajstić information content (AvgIpc) is 1.80. The zero-order valence-electron chi connectivity index (χ0n) is 7.99. The summed E-state index contributed by atoms with van der Waals surface area (Å²) in [6.07, 6.45) is 0. The highest BCUT2D eigenvalue weighted by Crippen LogP contribution is 1.96. The molecule has 0 aliphatic carbocycles. The van der Waals surface area contributed by atoms with Crippen molar-refractivity contribution < 1.29 is 4.79 Å². The molecule has 0 aromatic carbocycles. The first-order valence-electron chi connectivity index (χ1n) is 3.90. The van der Waals surface area contributed by atoms with Crippen LogP contribution in [-0.4, -0.2) is 11.4 Å². The van der Waals surface area contributed by atoms with E-state index < -0.39 is 0 Å². The number of carbonyl (C=O) groups excluding carboxylic acids is 1. The quantitative estimate of drug-likeness (QED) is 0.590. The Morgan fingerprint density at radius 1 is 1.27 bits per heavy atom. The predicted octanol–water partition coefficient (Wildman–Crippen LogP) is 1.06. The Balaban J connectivity index is 3.64. The first-order chi connectivity index (χ1) is 4.83. The second kappa shape index (κ2) is 3.72. The molecule has 0 bridgehead atoms. The minimum atomic E-state index is -0.0649. The Kier molecular flexibility index (Phi) is 3.52. The predicted molar refractivity (Wildman–Crippen MR) is 45.9 cm³/mol. The summed E-state index contributed by atoms with van der Waals surface area (Å²) in [6.45, 7) is 9.70. The Labute approximate surface area is 68.5 Å². The molecule has 2 N–H and O–H groups in total. The van der Waals surface area contributed by atoms with Gasteiger partial charge < -0.3 is 0 Å². The summed E-state index contributed by atoms with van der Waals surface area (Å²) >= 11 is 0. The molecule has 3 nitrogen and oxygen atoms in total. The van der Waals surface area contributed by atoms with Gasteiger partial charge in [-0.25, -0.2) is 5.43 Å². The molecule has 0 fully saturated rings. The smallest absolute Gasteiger partial charge is 0.236 e. The van der Waals surface area contributed by atoms with Gasteiger partial charge in [0.25, 0.3) is 0 Å². The van der Waals surface area contributed by atoms with Crippen LogP contribution in [0.2, 0.25) is 0 Å². The van der Waals surface area contributed by atoms with Crippen LogP contribution < -0.4 is 10.9 Å². The molecule has 0 spiro atoms. The molecule has 11 heavy (non-hydrogen) atoms. The molecule has 0 rings (SSSR count). The number of amides is 1. The molecule has 0 atom stereocenters. The second-order valence-electron chi connectivity index (χ2n) is 4.02. The summed E-state index contributed by atoms with van der Waals surface area (Å²) in [5.74, 6) is 0.0600. The van der Waals surface area contributed by atoms with E-state index >= 15 is 0 Å². The lowest BCUT2D eigenvalue weighted by atomic mass is 10.1. The van der Waals surface area contributed by atoms with Crippen molar-refractivity contribution in [2.24, 2.45) is 5.92 Å². The maximum absolute atomic E-state index is 11.0. The lowest BCUT2D eigenvalue weighted by Gasteiger charge is -2.21. The fraction of sp³-hybridized carbons (Fsp3) is 0.875. The zero-order valence-corrected chi connectivity index (χ0v) is 7.99. The van der Waals surface area contributed by atoms with Crippen molar-refractivity contribution in [1.82, 2.24) is 10.9 Å². The van der Waals surface area contributed by atoms with Crippen molar-refractivity contribution >= 4 is 5.91 Å². The molecule has 0 saturated carbocycles. The van der Waals surface area contributed by atoms with Gasteiger partial charge in [0.1, 0.15) is 0 Å². The van der Waals surface area contributed by atoms with Crippen LogP contribution in [0.3, 0.4) is 0 Å². The second-order valence-corrected chi connectivity index (χ2v) is 4.02. The first kappa shape index (κ1) is 10.4. The van der Waals surface area contributed by atoms with Crippen LogP contribution in [0.25, 0.3) is 0 Å². The third kappa shape index (κ3) is 5.85. The van der Waals surface area contributed by atoms with Gasteiger partial charge in [0.05, 0.1) is 0 Å². The van der Waals surface area contributed by atoms with E-state index in [0.29, 0.717) is 0 Å². The SMILES string of the molecule is CC(C)C(=O)NNC(C)(C)C. The van der Waals surface area contributed by atoms with Gasteiger partial charge in [0.2, 0.25) is 5.91 Å². The Bertz CT molecular complexity index is 136. The molecule has 0 aromatic rings. The molecule has 66 valence electrons. The zero-order chi connectivity index (χ0) is 9.07. The summed E-state index contributed by atoms with van der Waals surface area (Å²) in [5, 5.41) is 0. The standard InChI is InChI=1S/C8H18N2O/c1-6(2)7(11)9-10-8(3,4)5/h6,10H,1-5H3,(H,9,11). The van der Waals surface area contributed by atoms with Crippen LogP contribution in [-0.2, 0) is 4.79 Å². The fourth-order valence-electron chi connectivity index (χ4n) is 0.393. The van der Waals surface area contributed by atoms with Crippen molar-refractivity contribution in [2.45, 2.75) is 40.2 Å². The highest BCUT2D eigenvalue weighted by molar-refractivity contribution is 5.77. The molecule has 0 aromatic heterocycles. The number of hydrogen-bond acceptors (Lipinski definition) is 2. The van der Waals surface area contributed by atoms with Crippen LogP contribution >= 0.6 is 0 Å². The van der Waals surface area contributed by atoms with Crippen LogP contribution in [0, 0.1) is 5.92 Å². The maximum atomic E-state index is 11.0. The summed E-state index contributed by atoms with van der Waals surface area (Å²) in [6, 6.07) is 0. The number of nitrogens with one attached hydrogen (secondary N) is 2. The van der Waals surface area contributed by atoms with Crippen molar-refractivity contribution in [3.05, 3.63) is 0 Å². The van der Waals surface area contributed by atoms with Gasteiger partial charge in [-0.2, -0.15) is 0 Å². The molecule has 3 heteroatoms. The Hall–Kier alpha value is -0.570. The normalized spacial score (nSPS) is 11.8. The van der Waals surface area contributed by atoms with E-state index in [1.807, 2.05) is 34.6 Å². The summed E-state index contributed by atoms with van der Waals surface area (Å²) < 4.78 is 0. The molecule has 0 aliphatic rings. The number of rotatable bonds is 2. The van der Waals surface area contributed by atoms with Gasteiger partial charge in [-0.1, -0.05) is 13.8 Å². The minimum Gasteiger partial charge on any atom is -0.291 e. The van der Waals surface area contributed by atoms with E-state index in [-0.39, 0.29) is 17.4 Å². The van der Waals surface area contributed by atoms with Gasteiger partial charge in [-0.3, -0.25) is 10.2 Å². The Morgan fingerprint density at radius 2 is 1.73 bits per heavy atom. The summed E-state index contributed by atoms with van der Waals surface area (Å²) in [7, 11) is 0. The van der Waals surface area contributed by atoms with Crippen LogP contribution in [0.15, 0.2) is 0 Å². The largest absolute Gasteiger partial charge is 0.291 e. The lowest BCUT2D eigenvalue weighted by molar-refractivity contribution is -0.125. The lowest BCUT2D eigenvalue weighted by Crippen LogP contribution is -2.49. The maximum Gasteiger partial charge on any atom is 0.236 e. The number of hydrogen-bond donors (Lipinski definition) is 2. The Morgan fingerprint density at radius 3 is 2.00 bits per heavy atom. The third-order valence-electron chi connectivity index (χ3n) is 1.09. The van der Waals surface area contributed by atoms with Crippen LogP contribution in [0.5, 0.6) is 0 Å². The van der Waals surface area contributed by atoms with Crippen LogP contribution in [0.4, 0.5) is 0 Å². The van der Waals surface area contributed by atoms with Gasteiger partial charge in [-0.15, -0.1) is 0 Å². The van der Waals surface area contributed by atoms with Crippen molar-refractivity contribution in [3.63, 3.8) is 0 Å². The molecule has 0 radical (unpaired) electrons. The van der Waals surface area contributed by atoms with E-state index in [1.54, 1.807) is 0 Å². The topological polar surface area (TPSA) is 41.1 Å². The third-order valence-corrected chi connectivity index (χ3v) is 1.09. The van der Waals surface area contributed by atoms with Gasteiger partial charge in [0.15, 0.2) is 0 Å². The highest BCUT2D eigenvalue weighted by atomic mass is 16.2. The van der Waals surface area contributed by atoms with E-state index in [9.17, 15) is 4.79 Å². The molecular formula is C8H18N2O. The first-order valence-corrected chi connectivity index (χ1v) is 3.90. The fourth-order valence-corrected chi connectivity index (χ4v) is 0.393. The van der Waals surface area contributed by atoms with Gasteiger partial charge >= 0.3 is 0 Å². The molecule has 1 amide bonds. The molecule has 0 unspecified atom stereocenters. The van der Waals surface area contributed by atoms with Crippen LogP contribution in [0.1, 0.15) is 34.6 Å². The monoisotopic (exact) mass is 158 g/mol. The van der Waals surface area contributed by atoms with E-state index in [1.165, 1.54) is 0 Å². The average molecular weight is 158 g/mol. The molecule has 0 aliphatic heterocycles. The molecule has 0 saturated heterocycles. The minimum absolute atomic E-state index is 0.0277. The van der Waals surface area contributed by atoms with E-state index in [2.05, 4.69) is 10.9 Å².